The van der Waals surface area contributed by atoms with Crippen LogP contribution in [0.5, 0.6) is 5.75 Å². The lowest BCUT2D eigenvalue weighted by Gasteiger charge is -2.14. The van der Waals surface area contributed by atoms with Gasteiger partial charge in [-0.3, -0.25) is 4.79 Å². The summed E-state index contributed by atoms with van der Waals surface area (Å²) in [6.07, 6.45) is -5.12. The van der Waals surface area contributed by atoms with Crippen LogP contribution in [-0.4, -0.2) is 31.1 Å². The van der Waals surface area contributed by atoms with Crippen LogP contribution < -0.4 is 4.74 Å². The Kier molecular flexibility index (Phi) is 4.91. The van der Waals surface area contributed by atoms with Crippen LogP contribution in [0.3, 0.4) is 0 Å². The summed E-state index contributed by atoms with van der Waals surface area (Å²) in [6, 6.07) is 5.76. The predicted octanol–water partition coefficient (Wildman–Crippen LogP) is 2.37. The van der Waals surface area contributed by atoms with Gasteiger partial charge in [0, 0.05) is 5.56 Å². The van der Waals surface area contributed by atoms with Gasteiger partial charge in [-0.05, 0) is 31.2 Å². The van der Waals surface area contributed by atoms with Crippen molar-refractivity contribution >= 4 is 12.3 Å². The molecule has 19 heavy (non-hydrogen) atoms. The number of aldehydes is 1. The molecular formula is C12H11F3O4. The van der Waals surface area contributed by atoms with E-state index in [0.717, 1.165) is 0 Å². The van der Waals surface area contributed by atoms with Crippen molar-refractivity contribution < 1.29 is 32.2 Å². The highest BCUT2D eigenvalue weighted by atomic mass is 19.4. The molecule has 0 saturated heterocycles. The maximum absolute atomic E-state index is 11.8. The molecule has 0 aromatic heterocycles. The fourth-order valence-corrected chi connectivity index (χ4v) is 1.15. The van der Waals surface area contributed by atoms with Crippen molar-refractivity contribution in [3.63, 3.8) is 0 Å². The number of esters is 1. The Labute approximate surface area is 107 Å². The highest BCUT2D eigenvalue weighted by Gasteiger charge is 2.31. The van der Waals surface area contributed by atoms with Crippen molar-refractivity contribution in [3.05, 3.63) is 29.8 Å². The molecule has 0 spiro atoms. The van der Waals surface area contributed by atoms with Crippen LogP contribution in [0.4, 0.5) is 13.2 Å². The first-order valence-electron chi connectivity index (χ1n) is 5.27. The quantitative estimate of drug-likeness (QED) is 0.612. The SMILES string of the molecule is CC(Oc1ccc(C=O)cc1)C(=O)OCC(F)(F)F. The number of hydrogen-bond acceptors (Lipinski definition) is 4. The molecule has 1 aromatic rings. The topological polar surface area (TPSA) is 52.6 Å². The zero-order valence-electron chi connectivity index (χ0n) is 9.94. The van der Waals surface area contributed by atoms with Gasteiger partial charge in [0.25, 0.3) is 0 Å². The number of carbonyl (C=O) groups is 2. The molecule has 0 saturated carbocycles. The summed E-state index contributed by atoms with van der Waals surface area (Å²) in [5.74, 6) is -0.862. The van der Waals surface area contributed by atoms with Crippen molar-refractivity contribution in [1.29, 1.82) is 0 Å². The van der Waals surface area contributed by atoms with Crippen LogP contribution in [0.15, 0.2) is 24.3 Å². The Hall–Kier alpha value is -2.05. The van der Waals surface area contributed by atoms with E-state index in [2.05, 4.69) is 4.74 Å². The van der Waals surface area contributed by atoms with E-state index >= 15 is 0 Å². The van der Waals surface area contributed by atoms with E-state index in [-0.39, 0.29) is 5.75 Å². The minimum absolute atomic E-state index is 0.252. The van der Waals surface area contributed by atoms with Crippen molar-refractivity contribution in [3.8, 4) is 5.75 Å². The average Bonchev–Trinajstić information content (AvgIpc) is 2.36. The molecule has 0 radical (unpaired) electrons. The second-order valence-corrected chi connectivity index (χ2v) is 3.67. The minimum atomic E-state index is -4.57. The van der Waals surface area contributed by atoms with Crippen molar-refractivity contribution in [2.24, 2.45) is 0 Å². The fourth-order valence-electron chi connectivity index (χ4n) is 1.15. The first-order valence-corrected chi connectivity index (χ1v) is 5.27. The summed E-state index contributed by atoms with van der Waals surface area (Å²) in [5.41, 5.74) is 0.416. The maximum atomic E-state index is 11.8. The van der Waals surface area contributed by atoms with Gasteiger partial charge < -0.3 is 9.47 Å². The molecule has 0 fully saturated rings. The summed E-state index contributed by atoms with van der Waals surface area (Å²) < 4.78 is 44.6. The lowest BCUT2D eigenvalue weighted by Crippen LogP contribution is -2.30. The molecule has 1 rings (SSSR count). The summed E-state index contributed by atoms with van der Waals surface area (Å²) in [5, 5.41) is 0. The molecule has 1 aromatic carbocycles. The van der Waals surface area contributed by atoms with Gasteiger partial charge in [-0.25, -0.2) is 4.79 Å². The lowest BCUT2D eigenvalue weighted by atomic mass is 10.2. The van der Waals surface area contributed by atoms with Gasteiger partial charge in [-0.15, -0.1) is 0 Å². The van der Waals surface area contributed by atoms with Gasteiger partial charge in [0.05, 0.1) is 0 Å². The van der Waals surface area contributed by atoms with Gasteiger partial charge in [-0.1, -0.05) is 0 Å². The molecule has 0 amide bonds. The molecule has 1 unspecified atom stereocenters. The van der Waals surface area contributed by atoms with Crippen molar-refractivity contribution in [1.82, 2.24) is 0 Å². The van der Waals surface area contributed by atoms with E-state index in [1.54, 1.807) is 0 Å². The first-order chi connectivity index (χ1) is 8.81. The smallest absolute Gasteiger partial charge is 0.422 e. The molecule has 0 aliphatic heterocycles. The number of benzene rings is 1. The van der Waals surface area contributed by atoms with Crippen molar-refractivity contribution in [2.75, 3.05) is 6.61 Å². The van der Waals surface area contributed by atoms with E-state index in [9.17, 15) is 22.8 Å². The van der Waals surface area contributed by atoms with Gasteiger partial charge >= 0.3 is 12.1 Å². The van der Waals surface area contributed by atoms with Crippen LogP contribution in [0.1, 0.15) is 17.3 Å². The molecule has 0 aliphatic rings. The Balaban J connectivity index is 2.51. The number of halogens is 3. The molecule has 0 heterocycles. The number of rotatable bonds is 5. The molecule has 0 aliphatic carbocycles. The van der Waals surface area contributed by atoms with E-state index < -0.39 is 24.9 Å². The zero-order valence-corrected chi connectivity index (χ0v) is 9.94. The largest absolute Gasteiger partial charge is 0.479 e. The Morgan fingerprint density at radius 2 is 1.89 bits per heavy atom. The molecule has 7 heteroatoms. The normalized spacial score (nSPS) is 12.6. The summed E-state index contributed by atoms with van der Waals surface area (Å²) >= 11 is 0. The Morgan fingerprint density at radius 1 is 1.32 bits per heavy atom. The van der Waals surface area contributed by atoms with Crippen molar-refractivity contribution in [2.45, 2.75) is 19.2 Å². The lowest BCUT2D eigenvalue weighted by molar-refractivity contribution is -0.190. The highest BCUT2D eigenvalue weighted by molar-refractivity contribution is 5.75. The second-order valence-electron chi connectivity index (χ2n) is 3.67. The van der Waals surface area contributed by atoms with Gasteiger partial charge in [0.15, 0.2) is 12.7 Å². The Bertz CT molecular complexity index is 439. The van der Waals surface area contributed by atoms with Crippen LogP contribution in [0, 0.1) is 0 Å². The summed E-state index contributed by atoms with van der Waals surface area (Å²) in [4.78, 5) is 21.6. The number of ether oxygens (including phenoxy) is 2. The van der Waals surface area contributed by atoms with Gasteiger partial charge in [0.2, 0.25) is 0 Å². The minimum Gasteiger partial charge on any atom is -0.479 e. The molecule has 4 nitrogen and oxygen atoms in total. The highest BCUT2D eigenvalue weighted by Crippen LogP contribution is 2.16. The Morgan fingerprint density at radius 3 is 2.37 bits per heavy atom. The first kappa shape index (κ1) is 15.0. The van der Waals surface area contributed by atoms with E-state index in [4.69, 9.17) is 4.74 Å². The van der Waals surface area contributed by atoms with E-state index in [1.165, 1.54) is 31.2 Å². The van der Waals surface area contributed by atoms with E-state index in [0.29, 0.717) is 11.8 Å². The monoisotopic (exact) mass is 276 g/mol. The summed E-state index contributed by atoms with van der Waals surface area (Å²) in [7, 11) is 0. The molecule has 0 N–H and O–H groups in total. The summed E-state index contributed by atoms with van der Waals surface area (Å²) in [6.45, 7) is -0.379. The molecule has 104 valence electrons. The van der Waals surface area contributed by atoms with E-state index in [1.807, 2.05) is 0 Å². The van der Waals surface area contributed by atoms with Gasteiger partial charge in [-0.2, -0.15) is 13.2 Å². The van der Waals surface area contributed by atoms with Crippen LogP contribution in [0.25, 0.3) is 0 Å². The van der Waals surface area contributed by atoms with Gasteiger partial charge in [0.1, 0.15) is 12.0 Å². The second kappa shape index (κ2) is 6.21. The third-order valence-corrected chi connectivity index (χ3v) is 2.04. The number of alkyl halides is 3. The fraction of sp³-hybridized carbons (Fsp3) is 0.333. The third kappa shape index (κ3) is 5.41. The van der Waals surface area contributed by atoms with Crippen LogP contribution >= 0.6 is 0 Å². The van der Waals surface area contributed by atoms with Crippen LogP contribution in [0.2, 0.25) is 0 Å². The standard InChI is InChI=1S/C12H11F3O4/c1-8(11(17)18-7-12(13,14)15)19-10-4-2-9(6-16)3-5-10/h2-6,8H,7H2,1H3. The maximum Gasteiger partial charge on any atom is 0.422 e. The average molecular weight is 276 g/mol. The predicted molar refractivity (Wildman–Crippen MR) is 58.9 cm³/mol. The molecule has 1 atom stereocenters. The van der Waals surface area contributed by atoms with Crippen LogP contribution in [-0.2, 0) is 9.53 Å². The zero-order chi connectivity index (χ0) is 14.5. The number of carbonyl (C=O) groups excluding carboxylic acids is 2. The molecular weight excluding hydrogens is 265 g/mol. The number of hydrogen-bond donors (Lipinski definition) is 0. The molecule has 0 bridgehead atoms. The third-order valence-electron chi connectivity index (χ3n) is 2.04.